The first kappa shape index (κ1) is 13.8. The van der Waals surface area contributed by atoms with Crippen LogP contribution in [0.15, 0.2) is 14.9 Å². The van der Waals surface area contributed by atoms with Gasteiger partial charge >= 0.3 is 0 Å². The van der Waals surface area contributed by atoms with E-state index in [9.17, 15) is 9.59 Å². The van der Waals surface area contributed by atoms with Crippen LogP contribution < -0.4 is 10.6 Å². The number of carbonyl (C=O) groups excluding carboxylic acids is 2. The molecule has 0 spiro atoms. The van der Waals surface area contributed by atoms with Gasteiger partial charge in [-0.05, 0) is 21.4 Å². The predicted molar refractivity (Wildman–Crippen MR) is 59.6 cm³/mol. The third kappa shape index (κ3) is 4.60. The summed E-state index contributed by atoms with van der Waals surface area (Å²) in [4.78, 5) is 27.2. The fourth-order valence-corrected chi connectivity index (χ4v) is 0.887. The first-order valence-electron chi connectivity index (χ1n) is 4.61. The number of anilines is 2. The van der Waals surface area contributed by atoms with Gasteiger partial charge in [0, 0.05) is 9.82 Å². The van der Waals surface area contributed by atoms with Crippen LogP contribution in [0.1, 0.15) is 0 Å². The number of rotatable bonds is 6. The number of nitrogens with one attached hydrogen (secondary N) is 2. The van der Waals surface area contributed by atoms with Crippen LogP contribution in [0.25, 0.3) is 20.9 Å². The van der Waals surface area contributed by atoms with Crippen LogP contribution >= 0.6 is 0 Å². The molecule has 98 valence electrons. The third-order valence-corrected chi connectivity index (χ3v) is 1.56. The summed E-state index contributed by atoms with van der Waals surface area (Å²) < 4.78 is 4.32. The van der Waals surface area contributed by atoms with Crippen molar-refractivity contribution in [2.24, 2.45) is 10.2 Å². The van der Waals surface area contributed by atoms with E-state index in [1.54, 1.807) is 0 Å². The number of carbonyl (C=O) groups is 2. The van der Waals surface area contributed by atoms with Crippen LogP contribution in [-0.4, -0.2) is 35.2 Å². The molecule has 19 heavy (non-hydrogen) atoms. The van der Waals surface area contributed by atoms with Gasteiger partial charge in [-0.25, -0.2) is 4.63 Å². The fourth-order valence-electron chi connectivity index (χ4n) is 0.887. The molecule has 13 nitrogen and oxygen atoms in total. The molecule has 0 unspecified atom stereocenters. The molecule has 13 heteroatoms. The van der Waals surface area contributed by atoms with Gasteiger partial charge in [0.15, 0.2) is 0 Å². The molecule has 0 radical (unpaired) electrons. The predicted octanol–water partition coefficient (Wildman–Crippen LogP) is 0.567. The van der Waals surface area contributed by atoms with Gasteiger partial charge in [-0.3, -0.25) is 9.59 Å². The molecule has 0 atom stereocenters. The van der Waals surface area contributed by atoms with Crippen molar-refractivity contribution in [1.82, 2.24) is 10.3 Å². The zero-order chi connectivity index (χ0) is 14.1. The number of aromatic nitrogens is 2. The van der Waals surface area contributed by atoms with Gasteiger partial charge in [0.25, 0.3) is 0 Å². The third-order valence-electron chi connectivity index (χ3n) is 1.56. The molecular formula is C6H6N10O3. The Labute approximate surface area is 104 Å². The van der Waals surface area contributed by atoms with Crippen molar-refractivity contribution in [3.05, 3.63) is 20.9 Å². The van der Waals surface area contributed by atoms with Gasteiger partial charge in [0.2, 0.25) is 23.5 Å². The van der Waals surface area contributed by atoms with E-state index in [4.69, 9.17) is 11.1 Å². The maximum absolute atomic E-state index is 11.2. The first-order chi connectivity index (χ1) is 9.17. The summed E-state index contributed by atoms with van der Waals surface area (Å²) in [7, 11) is 0. The average Bonchev–Trinajstić information content (AvgIpc) is 2.81. The quantitative estimate of drug-likeness (QED) is 0.430. The summed E-state index contributed by atoms with van der Waals surface area (Å²) in [5.74, 6) is -1.65. The van der Waals surface area contributed by atoms with Crippen LogP contribution in [-0.2, 0) is 9.59 Å². The van der Waals surface area contributed by atoms with E-state index in [-0.39, 0.29) is 11.6 Å². The zero-order valence-corrected chi connectivity index (χ0v) is 9.22. The molecule has 0 saturated heterocycles. The van der Waals surface area contributed by atoms with Crippen molar-refractivity contribution < 1.29 is 14.2 Å². The van der Waals surface area contributed by atoms with E-state index in [0.717, 1.165) is 0 Å². The van der Waals surface area contributed by atoms with Crippen LogP contribution in [0.5, 0.6) is 0 Å². The Morgan fingerprint density at radius 2 is 1.47 bits per heavy atom. The van der Waals surface area contributed by atoms with Crippen LogP contribution in [0, 0.1) is 0 Å². The van der Waals surface area contributed by atoms with Crippen molar-refractivity contribution in [3.63, 3.8) is 0 Å². The number of amides is 2. The van der Waals surface area contributed by atoms with E-state index in [1.165, 1.54) is 0 Å². The largest absolute Gasteiger partial charge is 0.305 e. The number of hydrogen-bond donors (Lipinski definition) is 2. The highest BCUT2D eigenvalue weighted by molar-refractivity contribution is 5.98. The topological polar surface area (TPSA) is 195 Å². The minimum atomic E-state index is -0.668. The summed E-state index contributed by atoms with van der Waals surface area (Å²) >= 11 is 0. The number of nitrogens with zero attached hydrogens (tertiary/aromatic N) is 8. The summed E-state index contributed by atoms with van der Waals surface area (Å²) in [5.41, 5.74) is 16.1. The van der Waals surface area contributed by atoms with E-state index in [2.05, 4.69) is 45.6 Å². The van der Waals surface area contributed by atoms with E-state index < -0.39 is 24.9 Å². The molecule has 0 aromatic carbocycles. The van der Waals surface area contributed by atoms with Crippen molar-refractivity contribution in [1.29, 1.82) is 0 Å². The SMILES string of the molecule is [N-]=[N+]=NCC(=O)Nc1nonc1NC(=O)CN=[N+]=[N-]. The van der Waals surface area contributed by atoms with E-state index >= 15 is 0 Å². The lowest BCUT2D eigenvalue weighted by atomic mass is 10.5. The fraction of sp³-hybridized carbons (Fsp3) is 0.333. The maximum atomic E-state index is 11.2. The first-order valence-corrected chi connectivity index (χ1v) is 4.61. The van der Waals surface area contributed by atoms with Gasteiger partial charge in [-0.15, -0.1) is 0 Å². The molecule has 2 N–H and O–H groups in total. The highest BCUT2D eigenvalue weighted by Crippen LogP contribution is 2.15. The standard InChI is InChI=1S/C6H6N10O3/c7-15-9-1-3(17)11-5-6(14-19-13-5)12-4(18)2-10-16-8/h1-2H2,(H,11,13,17)(H,12,14,18). The second kappa shape index (κ2) is 7.11. The Kier molecular flexibility index (Phi) is 5.15. The van der Waals surface area contributed by atoms with Crippen LogP contribution in [0.4, 0.5) is 11.6 Å². The van der Waals surface area contributed by atoms with Gasteiger partial charge in [-0.2, -0.15) is 0 Å². The van der Waals surface area contributed by atoms with E-state index in [1.807, 2.05) is 0 Å². The smallest absolute Gasteiger partial charge is 0.231 e. The molecule has 0 aliphatic rings. The molecule has 0 aliphatic heterocycles. The number of azide groups is 2. The summed E-state index contributed by atoms with van der Waals surface area (Å²) in [6.45, 7) is -0.898. The monoisotopic (exact) mass is 266 g/mol. The molecule has 2 amide bonds. The zero-order valence-electron chi connectivity index (χ0n) is 9.22. The Hall–Kier alpha value is -3.30. The Balaban J connectivity index is 2.64. The van der Waals surface area contributed by atoms with E-state index in [0.29, 0.717) is 0 Å². The average molecular weight is 266 g/mol. The lowest BCUT2D eigenvalue weighted by Crippen LogP contribution is -2.19. The molecule has 1 aromatic heterocycles. The van der Waals surface area contributed by atoms with Gasteiger partial charge < -0.3 is 10.6 Å². The van der Waals surface area contributed by atoms with Gasteiger partial charge in [0.05, 0.1) is 0 Å². The van der Waals surface area contributed by atoms with Crippen molar-refractivity contribution in [2.45, 2.75) is 0 Å². The summed E-state index contributed by atoms with van der Waals surface area (Å²) in [6, 6.07) is 0. The molecule has 1 rings (SSSR count). The lowest BCUT2D eigenvalue weighted by molar-refractivity contribution is -0.115. The normalized spacial score (nSPS) is 8.84. The van der Waals surface area contributed by atoms with Gasteiger partial charge in [-0.1, -0.05) is 10.2 Å². The van der Waals surface area contributed by atoms with Gasteiger partial charge in [0.1, 0.15) is 13.1 Å². The van der Waals surface area contributed by atoms with Crippen molar-refractivity contribution in [3.8, 4) is 0 Å². The Morgan fingerprint density at radius 3 is 1.84 bits per heavy atom. The molecule has 0 bridgehead atoms. The molecule has 0 fully saturated rings. The van der Waals surface area contributed by atoms with Crippen LogP contribution in [0.3, 0.4) is 0 Å². The maximum Gasteiger partial charge on any atom is 0.231 e. The minimum Gasteiger partial charge on any atom is -0.305 e. The Morgan fingerprint density at radius 1 is 1.05 bits per heavy atom. The van der Waals surface area contributed by atoms with Crippen LogP contribution in [0.2, 0.25) is 0 Å². The second-order valence-electron chi connectivity index (χ2n) is 2.84. The molecule has 1 aromatic rings. The second-order valence-corrected chi connectivity index (χ2v) is 2.84. The molecular weight excluding hydrogens is 260 g/mol. The molecule has 0 saturated carbocycles. The van der Waals surface area contributed by atoms with Crippen molar-refractivity contribution in [2.75, 3.05) is 23.7 Å². The highest BCUT2D eigenvalue weighted by atomic mass is 16.6. The number of hydrogen-bond acceptors (Lipinski definition) is 7. The summed E-state index contributed by atoms with van der Waals surface area (Å²) in [6.07, 6.45) is 0. The Bertz CT molecular complexity index is 517. The lowest BCUT2D eigenvalue weighted by Gasteiger charge is -2.01. The van der Waals surface area contributed by atoms with Crippen molar-refractivity contribution >= 4 is 23.5 Å². The molecule has 0 aliphatic carbocycles. The molecule has 1 heterocycles. The minimum absolute atomic E-state index is 0.160. The highest BCUT2D eigenvalue weighted by Gasteiger charge is 2.14. The summed E-state index contributed by atoms with van der Waals surface area (Å²) in [5, 5.41) is 17.1.